The number of likely N-dealkylation sites (tertiary alicyclic amines) is 1. The van der Waals surface area contributed by atoms with Crippen LogP contribution in [0.4, 0.5) is 4.39 Å². The van der Waals surface area contributed by atoms with E-state index < -0.39 is 0 Å². The van der Waals surface area contributed by atoms with Crippen molar-refractivity contribution in [3.8, 4) is 0 Å². The standard InChI is InChI=1S/C20H24FN5O/c1-12-16-6-15(21)2-3-17(16)24-18(12)9-25-7-13-4-19(26-11-22-10-23-26)20(27)5-14(13)8-25/h2-3,6,10-11,13-14,19-20,24,27H,4-5,7-9H2,1H3/t13-,14+,19-,20-/m1/s1. The van der Waals surface area contributed by atoms with Gasteiger partial charge in [0.1, 0.15) is 18.5 Å². The molecule has 0 spiro atoms. The molecule has 1 saturated carbocycles. The molecule has 3 heterocycles. The number of aromatic nitrogens is 4. The van der Waals surface area contributed by atoms with Crippen LogP contribution in [-0.2, 0) is 6.54 Å². The van der Waals surface area contributed by atoms with E-state index in [0.717, 1.165) is 54.6 Å². The number of halogens is 1. The number of aromatic amines is 1. The summed E-state index contributed by atoms with van der Waals surface area (Å²) < 4.78 is 15.4. The maximum Gasteiger partial charge on any atom is 0.137 e. The molecule has 0 unspecified atom stereocenters. The van der Waals surface area contributed by atoms with Gasteiger partial charge < -0.3 is 10.1 Å². The highest BCUT2D eigenvalue weighted by molar-refractivity contribution is 5.84. The van der Waals surface area contributed by atoms with E-state index in [1.54, 1.807) is 17.1 Å². The fraction of sp³-hybridized carbons (Fsp3) is 0.500. The molecule has 2 aromatic heterocycles. The van der Waals surface area contributed by atoms with Crippen LogP contribution in [0.5, 0.6) is 0 Å². The van der Waals surface area contributed by atoms with Gasteiger partial charge in [0, 0.05) is 36.2 Å². The van der Waals surface area contributed by atoms with Gasteiger partial charge in [-0.05, 0) is 55.4 Å². The lowest BCUT2D eigenvalue weighted by atomic mass is 9.77. The number of hydrogen-bond donors (Lipinski definition) is 2. The van der Waals surface area contributed by atoms with Crippen LogP contribution >= 0.6 is 0 Å². The monoisotopic (exact) mass is 369 g/mol. The van der Waals surface area contributed by atoms with Crippen LogP contribution in [0.15, 0.2) is 30.9 Å². The number of hydrogen-bond acceptors (Lipinski definition) is 4. The van der Waals surface area contributed by atoms with E-state index in [9.17, 15) is 9.50 Å². The second kappa shape index (κ2) is 6.42. The third-order valence-corrected chi connectivity index (χ3v) is 6.47. The van der Waals surface area contributed by atoms with Crippen molar-refractivity contribution in [3.63, 3.8) is 0 Å². The summed E-state index contributed by atoms with van der Waals surface area (Å²) in [5.74, 6) is 0.878. The van der Waals surface area contributed by atoms with Gasteiger partial charge in [-0.3, -0.25) is 4.90 Å². The van der Waals surface area contributed by atoms with Gasteiger partial charge in [-0.1, -0.05) is 0 Å². The Kier molecular flexibility index (Phi) is 4.02. The molecular formula is C20H24FN5O. The Morgan fingerprint density at radius 1 is 1.26 bits per heavy atom. The molecule has 2 N–H and O–H groups in total. The molecule has 27 heavy (non-hydrogen) atoms. The normalized spacial score (nSPS) is 28.7. The number of aryl methyl sites for hydroxylation is 1. The van der Waals surface area contributed by atoms with Crippen LogP contribution in [0.25, 0.3) is 10.9 Å². The van der Waals surface area contributed by atoms with Gasteiger partial charge in [-0.2, -0.15) is 5.10 Å². The largest absolute Gasteiger partial charge is 0.391 e. The van der Waals surface area contributed by atoms with Gasteiger partial charge in [-0.15, -0.1) is 0 Å². The van der Waals surface area contributed by atoms with Crippen LogP contribution in [0.3, 0.4) is 0 Å². The molecule has 6 nitrogen and oxygen atoms in total. The van der Waals surface area contributed by atoms with Gasteiger partial charge in [0.05, 0.1) is 12.1 Å². The Balaban J connectivity index is 1.32. The molecule has 1 saturated heterocycles. The highest BCUT2D eigenvalue weighted by atomic mass is 19.1. The summed E-state index contributed by atoms with van der Waals surface area (Å²) in [7, 11) is 0. The SMILES string of the molecule is Cc1c(CN2C[C@H]3C[C@@H](n4cncn4)[C@H](O)C[C@H]3C2)[nH]c2ccc(F)cc12. The summed E-state index contributed by atoms with van der Waals surface area (Å²) in [5, 5.41) is 15.8. The molecule has 1 aliphatic carbocycles. The van der Waals surface area contributed by atoms with Crippen molar-refractivity contribution < 1.29 is 9.50 Å². The van der Waals surface area contributed by atoms with Crippen molar-refractivity contribution in [3.05, 3.63) is 47.9 Å². The average molecular weight is 369 g/mol. The average Bonchev–Trinajstić information content (AvgIpc) is 3.35. The first-order valence-corrected chi connectivity index (χ1v) is 9.59. The lowest BCUT2D eigenvalue weighted by Crippen LogP contribution is -2.36. The van der Waals surface area contributed by atoms with Crippen molar-refractivity contribution in [2.75, 3.05) is 13.1 Å². The van der Waals surface area contributed by atoms with Crippen LogP contribution in [-0.4, -0.2) is 48.9 Å². The van der Waals surface area contributed by atoms with Crippen LogP contribution < -0.4 is 0 Å². The zero-order chi connectivity index (χ0) is 18.5. The molecule has 0 bridgehead atoms. The second-order valence-electron chi connectivity index (χ2n) is 8.11. The van der Waals surface area contributed by atoms with Gasteiger partial charge in [0.25, 0.3) is 0 Å². The molecule has 1 aliphatic heterocycles. The third kappa shape index (κ3) is 2.95. The molecule has 5 rings (SSSR count). The Morgan fingerprint density at radius 2 is 2.07 bits per heavy atom. The lowest BCUT2D eigenvalue weighted by Gasteiger charge is -2.35. The van der Waals surface area contributed by atoms with Crippen LogP contribution in [0, 0.1) is 24.6 Å². The molecule has 142 valence electrons. The number of rotatable bonds is 3. The molecule has 1 aromatic carbocycles. The van der Waals surface area contributed by atoms with Crippen molar-refractivity contribution in [1.29, 1.82) is 0 Å². The fourth-order valence-electron chi connectivity index (χ4n) is 5.04. The number of aliphatic hydroxyl groups excluding tert-OH is 1. The summed E-state index contributed by atoms with van der Waals surface area (Å²) in [4.78, 5) is 9.94. The van der Waals surface area contributed by atoms with Gasteiger partial charge >= 0.3 is 0 Å². The number of benzene rings is 1. The minimum atomic E-state index is -0.370. The molecule has 0 radical (unpaired) electrons. The summed E-state index contributed by atoms with van der Waals surface area (Å²) >= 11 is 0. The number of aliphatic hydroxyl groups is 1. The Morgan fingerprint density at radius 3 is 2.85 bits per heavy atom. The summed E-state index contributed by atoms with van der Waals surface area (Å²) in [6.07, 6.45) is 4.60. The van der Waals surface area contributed by atoms with Crippen molar-refractivity contribution in [2.45, 2.75) is 38.5 Å². The molecule has 3 aromatic rings. The molecule has 0 amide bonds. The van der Waals surface area contributed by atoms with E-state index >= 15 is 0 Å². The quantitative estimate of drug-likeness (QED) is 0.745. The van der Waals surface area contributed by atoms with E-state index in [1.807, 2.05) is 6.07 Å². The third-order valence-electron chi connectivity index (χ3n) is 6.47. The van der Waals surface area contributed by atoms with Crippen LogP contribution in [0.2, 0.25) is 0 Å². The molecule has 2 aliphatic rings. The zero-order valence-corrected chi connectivity index (χ0v) is 15.3. The predicted molar refractivity (Wildman–Crippen MR) is 99.6 cm³/mol. The van der Waals surface area contributed by atoms with E-state index in [1.165, 1.54) is 12.4 Å². The first kappa shape index (κ1) is 16.9. The van der Waals surface area contributed by atoms with E-state index in [4.69, 9.17) is 0 Å². The van der Waals surface area contributed by atoms with Crippen molar-refractivity contribution in [1.82, 2.24) is 24.6 Å². The van der Waals surface area contributed by atoms with Gasteiger partial charge in [-0.25, -0.2) is 14.1 Å². The number of nitrogens with zero attached hydrogens (tertiary/aromatic N) is 4. The Hall–Kier alpha value is -2.25. The topological polar surface area (TPSA) is 70.0 Å². The van der Waals surface area contributed by atoms with E-state index in [-0.39, 0.29) is 18.0 Å². The Bertz CT molecular complexity index is 953. The molecular weight excluding hydrogens is 345 g/mol. The van der Waals surface area contributed by atoms with Crippen molar-refractivity contribution >= 4 is 10.9 Å². The zero-order valence-electron chi connectivity index (χ0n) is 15.3. The molecule has 7 heteroatoms. The van der Waals surface area contributed by atoms with Gasteiger partial charge in [0.15, 0.2) is 0 Å². The van der Waals surface area contributed by atoms with Crippen LogP contribution in [0.1, 0.15) is 30.1 Å². The minimum Gasteiger partial charge on any atom is -0.391 e. The highest BCUT2D eigenvalue weighted by Crippen LogP contribution is 2.41. The first-order chi connectivity index (χ1) is 13.1. The minimum absolute atomic E-state index is 0.0199. The smallest absolute Gasteiger partial charge is 0.137 e. The highest BCUT2D eigenvalue weighted by Gasteiger charge is 2.42. The fourth-order valence-corrected chi connectivity index (χ4v) is 5.04. The van der Waals surface area contributed by atoms with Gasteiger partial charge in [0.2, 0.25) is 0 Å². The summed E-state index contributed by atoms with van der Waals surface area (Å²) in [6, 6.07) is 4.93. The van der Waals surface area contributed by atoms with E-state index in [0.29, 0.717) is 11.8 Å². The lowest BCUT2D eigenvalue weighted by molar-refractivity contribution is 0.0304. The second-order valence-corrected chi connectivity index (χ2v) is 8.11. The number of fused-ring (bicyclic) bond motifs is 2. The summed E-state index contributed by atoms with van der Waals surface area (Å²) in [5.41, 5.74) is 3.27. The first-order valence-electron chi connectivity index (χ1n) is 9.59. The predicted octanol–water partition coefficient (Wildman–Crippen LogP) is 2.65. The van der Waals surface area contributed by atoms with E-state index in [2.05, 4.69) is 26.9 Å². The maximum atomic E-state index is 13.6. The Labute approximate surface area is 157 Å². The maximum absolute atomic E-state index is 13.6. The van der Waals surface area contributed by atoms with Crippen molar-refractivity contribution in [2.24, 2.45) is 11.8 Å². The molecule has 2 fully saturated rings. The summed E-state index contributed by atoms with van der Waals surface area (Å²) in [6.45, 7) is 4.90. The molecule has 4 atom stereocenters. The number of H-pyrrole nitrogens is 1. The number of nitrogens with one attached hydrogen (secondary N) is 1.